The van der Waals surface area contributed by atoms with E-state index >= 15 is 0 Å². The van der Waals surface area contributed by atoms with Gasteiger partial charge in [0.05, 0.1) is 22.6 Å². The molecular formula is C29H32Cl2N4O7S. The van der Waals surface area contributed by atoms with Crippen molar-refractivity contribution < 1.29 is 27.7 Å². The summed E-state index contributed by atoms with van der Waals surface area (Å²) in [6.07, 6.45) is 0.662. The van der Waals surface area contributed by atoms with Crippen molar-refractivity contribution in [2.75, 3.05) is 24.5 Å². The summed E-state index contributed by atoms with van der Waals surface area (Å²) in [7, 11) is -3.09. The van der Waals surface area contributed by atoms with Crippen LogP contribution in [0.5, 0.6) is 5.75 Å². The van der Waals surface area contributed by atoms with E-state index in [0.29, 0.717) is 24.3 Å². The van der Waals surface area contributed by atoms with E-state index in [-0.39, 0.29) is 32.7 Å². The first-order chi connectivity index (χ1) is 20.3. The fraction of sp³-hybridized carbons (Fsp3) is 0.310. The quantitative estimate of drug-likeness (QED) is 0.194. The van der Waals surface area contributed by atoms with Crippen molar-refractivity contribution in [3.05, 3.63) is 92.0 Å². The number of rotatable bonds is 13. The third kappa shape index (κ3) is 7.95. The lowest BCUT2D eigenvalue weighted by molar-refractivity contribution is -0.385. The number of benzene rings is 3. The van der Waals surface area contributed by atoms with Gasteiger partial charge in [-0.1, -0.05) is 42.3 Å². The number of halogens is 2. The average Bonchev–Trinajstić information content (AvgIpc) is 2.98. The highest BCUT2D eigenvalue weighted by Crippen LogP contribution is 2.31. The molecule has 0 aliphatic heterocycles. The maximum Gasteiger partial charge on any atom is 0.273 e. The Bertz CT molecular complexity index is 1580. The Morgan fingerprint density at radius 2 is 1.70 bits per heavy atom. The monoisotopic (exact) mass is 650 g/mol. The van der Waals surface area contributed by atoms with E-state index in [0.717, 1.165) is 10.4 Å². The van der Waals surface area contributed by atoms with Gasteiger partial charge in [0.2, 0.25) is 11.8 Å². The Morgan fingerprint density at radius 1 is 1.07 bits per heavy atom. The number of amides is 2. The molecule has 3 rings (SSSR count). The number of carbonyl (C=O) groups is 2. The predicted molar refractivity (Wildman–Crippen MR) is 165 cm³/mol. The molecule has 0 fully saturated rings. The number of aryl methyl sites for hydroxylation is 1. The first-order valence-corrected chi connectivity index (χ1v) is 15.4. The molecule has 0 heterocycles. The minimum atomic E-state index is -4.54. The third-order valence-corrected chi connectivity index (χ3v) is 9.19. The summed E-state index contributed by atoms with van der Waals surface area (Å²) in [5.41, 5.74) is 0.350. The molecule has 2 amide bonds. The number of nitrogens with one attached hydrogen (secondary N) is 1. The van der Waals surface area contributed by atoms with Crippen LogP contribution >= 0.6 is 23.2 Å². The van der Waals surface area contributed by atoms with E-state index in [9.17, 15) is 28.1 Å². The second-order valence-corrected chi connectivity index (χ2v) is 12.3. The van der Waals surface area contributed by atoms with Gasteiger partial charge in [0.25, 0.3) is 15.7 Å². The topological polar surface area (TPSA) is 139 Å². The average molecular weight is 652 g/mol. The highest BCUT2D eigenvalue weighted by molar-refractivity contribution is 7.92. The molecule has 3 aromatic carbocycles. The molecule has 0 bridgehead atoms. The van der Waals surface area contributed by atoms with Gasteiger partial charge in [0.1, 0.15) is 18.3 Å². The molecule has 0 saturated carbocycles. The summed E-state index contributed by atoms with van der Waals surface area (Å²) in [5, 5.41) is 14.9. The third-order valence-electron chi connectivity index (χ3n) is 6.71. The molecule has 0 aromatic heterocycles. The summed E-state index contributed by atoms with van der Waals surface area (Å²) in [6.45, 7) is 4.32. The fourth-order valence-electron chi connectivity index (χ4n) is 4.18. The van der Waals surface area contributed by atoms with Gasteiger partial charge in [-0.25, -0.2) is 8.42 Å². The molecular weight excluding hydrogens is 619 g/mol. The fourth-order valence-corrected chi connectivity index (χ4v) is 6.13. The van der Waals surface area contributed by atoms with E-state index in [1.54, 1.807) is 18.2 Å². The van der Waals surface area contributed by atoms with Crippen LogP contribution in [0.1, 0.15) is 31.4 Å². The van der Waals surface area contributed by atoms with E-state index < -0.39 is 45.0 Å². The van der Waals surface area contributed by atoms with Crippen molar-refractivity contribution in [2.45, 2.75) is 44.7 Å². The number of hydrogen-bond acceptors (Lipinski definition) is 7. The van der Waals surface area contributed by atoms with Crippen LogP contribution in [0.4, 0.5) is 11.4 Å². The van der Waals surface area contributed by atoms with Gasteiger partial charge in [-0.3, -0.25) is 24.0 Å². The molecule has 0 saturated heterocycles. The maximum absolute atomic E-state index is 14.0. The predicted octanol–water partition coefficient (Wildman–Crippen LogP) is 5.36. The Balaban J connectivity index is 2.12. The second kappa shape index (κ2) is 14.5. The molecule has 11 nitrogen and oxygen atoms in total. The zero-order valence-electron chi connectivity index (χ0n) is 24.0. The maximum atomic E-state index is 14.0. The normalized spacial score (nSPS) is 11.9. The summed E-state index contributed by atoms with van der Waals surface area (Å²) >= 11 is 12.8. The zero-order valence-corrected chi connectivity index (χ0v) is 26.4. The number of anilines is 1. The van der Waals surface area contributed by atoms with Crippen LogP contribution in [0.25, 0.3) is 0 Å². The number of sulfonamides is 1. The number of methoxy groups -OCH3 is 1. The number of nitro benzene ring substituents is 1. The standard InChI is InChI=1S/C29H32Cl2N4O7S/c1-5-15-32-29(37)20(3)33(17-24-25(30)7-6-8-26(24)31)28(36)18-34(21-10-12-22(42-4)13-11-21)43(40,41)23-14-9-19(2)27(16-23)35(38)39/h6-14,16,20H,5,15,17-18H2,1-4H3,(H,32,37)/t20-/m1/s1. The first-order valence-electron chi connectivity index (χ1n) is 13.2. The molecule has 0 unspecified atom stereocenters. The number of nitro groups is 1. The van der Waals surface area contributed by atoms with Crippen molar-refractivity contribution in [1.82, 2.24) is 10.2 Å². The number of carbonyl (C=O) groups excluding carboxylic acids is 2. The van der Waals surface area contributed by atoms with Crippen LogP contribution in [0, 0.1) is 17.0 Å². The first kappa shape index (κ1) is 33.6. The van der Waals surface area contributed by atoms with E-state index in [1.807, 2.05) is 6.92 Å². The van der Waals surface area contributed by atoms with Crippen molar-refractivity contribution >= 4 is 56.4 Å². The summed E-state index contributed by atoms with van der Waals surface area (Å²) in [4.78, 5) is 38.7. The number of ether oxygens (including phenoxy) is 1. The van der Waals surface area contributed by atoms with Gasteiger partial charge in [0.15, 0.2) is 0 Å². The molecule has 0 spiro atoms. The van der Waals surface area contributed by atoms with E-state index in [4.69, 9.17) is 27.9 Å². The minimum absolute atomic E-state index is 0.0937. The zero-order chi connectivity index (χ0) is 31.9. The highest BCUT2D eigenvalue weighted by Gasteiger charge is 2.34. The van der Waals surface area contributed by atoms with Gasteiger partial charge in [-0.15, -0.1) is 0 Å². The van der Waals surface area contributed by atoms with Crippen molar-refractivity contribution in [3.8, 4) is 5.75 Å². The smallest absolute Gasteiger partial charge is 0.273 e. The SMILES string of the molecule is CCCNC(=O)[C@@H](C)N(Cc1c(Cl)cccc1Cl)C(=O)CN(c1ccc(OC)cc1)S(=O)(=O)c1ccc(C)c([N+](=O)[O-])c1. The second-order valence-electron chi connectivity index (χ2n) is 9.60. The molecule has 0 aliphatic carbocycles. The highest BCUT2D eigenvalue weighted by atomic mass is 35.5. The molecule has 14 heteroatoms. The van der Waals surface area contributed by atoms with Gasteiger partial charge in [-0.2, -0.15) is 0 Å². The van der Waals surface area contributed by atoms with Crippen molar-refractivity contribution in [2.24, 2.45) is 0 Å². The molecule has 1 N–H and O–H groups in total. The molecule has 3 aromatic rings. The van der Waals surface area contributed by atoms with Gasteiger partial charge < -0.3 is 15.0 Å². The van der Waals surface area contributed by atoms with E-state index in [2.05, 4.69) is 5.32 Å². The van der Waals surface area contributed by atoms with Gasteiger partial charge >= 0.3 is 0 Å². The molecule has 1 atom stereocenters. The van der Waals surface area contributed by atoms with Crippen LogP contribution in [-0.2, 0) is 26.2 Å². The Hall–Kier alpha value is -3.87. The van der Waals surface area contributed by atoms with Crippen LogP contribution < -0.4 is 14.4 Å². The van der Waals surface area contributed by atoms with Gasteiger partial charge in [0, 0.05) is 40.3 Å². The van der Waals surface area contributed by atoms with Crippen LogP contribution in [0.2, 0.25) is 10.0 Å². The van der Waals surface area contributed by atoms with Crippen molar-refractivity contribution in [3.63, 3.8) is 0 Å². The Morgan fingerprint density at radius 3 is 2.26 bits per heavy atom. The number of hydrogen-bond donors (Lipinski definition) is 1. The minimum Gasteiger partial charge on any atom is -0.497 e. The van der Waals surface area contributed by atoms with Gasteiger partial charge in [-0.05, 0) is 62.7 Å². The Labute approximate surface area is 260 Å². The molecule has 43 heavy (non-hydrogen) atoms. The molecule has 0 aliphatic rings. The largest absolute Gasteiger partial charge is 0.497 e. The van der Waals surface area contributed by atoms with Crippen LogP contribution in [-0.4, -0.2) is 56.3 Å². The van der Waals surface area contributed by atoms with Crippen molar-refractivity contribution in [1.29, 1.82) is 0 Å². The lowest BCUT2D eigenvalue weighted by Crippen LogP contribution is -2.51. The van der Waals surface area contributed by atoms with Crippen LogP contribution in [0.15, 0.2) is 65.6 Å². The summed E-state index contributed by atoms with van der Waals surface area (Å²) in [6, 6.07) is 13.2. The van der Waals surface area contributed by atoms with Crippen LogP contribution in [0.3, 0.4) is 0 Å². The summed E-state index contributed by atoms with van der Waals surface area (Å²) in [5.74, 6) is -0.753. The molecule has 230 valence electrons. The summed E-state index contributed by atoms with van der Waals surface area (Å²) < 4.78 is 34.1. The number of nitrogens with zero attached hydrogens (tertiary/aromatic N) is 3. The lowest BCUT2D eigenvalue weighted by atomic mass is 10.1. The lowest BCUT2D eigenvalue weighted by Gasteiger charge is -2.32. The molecule has 0 radical (unpaired) electrons. The Kier molecular flexibility index (Phi) is 11.4. The van der Waals surface area contributed by atoms with E-state index in [1.165, 1.54) is 62.3 Å².